The number of amides is 2. The SMILES string of the molecule is O=C(Nc1ccc(S(=O)(=O)C(F)F)cc1)[C@@H]1CC(=O)N(c2cccc3ccccc23)C1. The van der Waals surface area contributed by atoms with Crippen molar-refractivity contribution in [1.82, 2.24) is 0 Å². The number of fused-ring (bicyclic) bond motifs is 1. The van der Waals surface area contributed by atoms with E-state index in [-0.39, 0.29) is 24.6 Å². The van der Waals surface area contributed by atoms with Gasteiger partial charge < -0.3 is 10.2 Å². The lowest BCUT2D eigenvalue weighted by molar-refractivity contribution is -0.122. The van der Waals surface area contributed by atoms with Crippen LogP contribution in [0.2, 0.25) is 0 Å². The molecule has 1 saturated heterocycles. The van der Waals surface area contributed by atoms with Gasteiger partial charge in [-0.1, -0.05) is 36.4 Å². The molecule has 1 N–H and O–H groups in total. The standard InChI is InChI=1S/C22H18F2N2O4S/c23-22(24)31(29,30)17-10-8-16(9-11-17)25-21(28)15-12-20(27)26(13-15)19-7-3-5-14-4-1-2-6-18(14)19/h1-11,15,22H,12-13H2,(H,25,28)/t15-/m1/s1. The van der Waals surface area contributed by atoms with Gasteiger partial charge in [0, 0.05) is 24.0 Å². The van der Waals surface area contributed by atoms with Crippen LogP contribution in [-0.2, 0) is 19.4 Å². The zero-order valence-corrected chi connectivity index (χ0v) is 17.0. The smallest absolute Gasteiger partial charge is 0.326 e. The second kappa shape index (κ2) is 8.07. The third kappa shape index (κ3) is 4.00. The molecular formula is C22H18F2N2O4S. The van der Waals surface area contributed by atoms with Crippen molar-refractivity contribution in [3.63, 3.8) is 0 Å². The molecule has 0 bridgehead atoms. The molecule has 1 atom stereocenters. The van der Waals surface area contributed by atoms with Gasteiger partial charge in [0.1, 0.15) is 0 Å². The number of nitrogens with one attached hydrogen (secondary N) is 1. The number of hydrogen-bond acceptors (Lipinski definition) is 4. The molecule has 1 aliphatic heterocycles. The van der Waals surface area contributed by atoms with Crippen molar-refractivity contribution in [3.8, 4) is 0 Å². The summed E-state index contributed by atoms with van der Waals surface area (Å²) in [5.41, 5.74) is 0.995. The Bertz CT molecular complexity index is 1250. The average molecular weight is 444 g/mol. The highest BCUT2D eigenvalue weighted by molar-refractivity contribution is 7.91. The molecule has 1 heterocycles. The van der Waals surface area contributed by atoms with Gasteiger partial charge in [-0.2, -0.15) is 8.78 Å². The Labute approximate surface area is 177 Å². The van der Waals surface area contributed by atoms with E-state index in [0.29, 0.717) is 0 Å². The van der Waals surface area contributed by atoms with Crippen molar-refractivity contribution in [2.75, 3.05) is 16.8 Å². The highest BCUT2D eigenvalue weighted by Crippen LogP contribution is 2.32. The van der Waals surface area contributed by atoms with Crippen molar-refractivity contribution < 1.29 is 26.8 Å². The highest BCUT2D eigenvalue weighted by Gasteiger charge is 2.36. The number of nitrogens with zero attached hydrogens (tertiary/aromatic N) is 1. The van der Waals surface area contributed by atoms with Gasteiger partial charge >= 0.3 is 5.76 Å². The summed E-state index contributed by atoms with van der Waals surface area (Å²) in [6.07, 6.45) is 0.0346. The number of benzene rings is 3. The van der Waals surface area contributed by atoms with Crippen LogP contribution >= 0.6 is 0 Å². The fourth-order valence-electron chi connectivity index (χ4n) is 3.63. The van der Waals surface area contributed by atoms with E-state index in [9.17, 15) is 26.8 Å². The third-order valence-corrected chi connectivity index (χ3v) is 6.64. The van der Waals surface area contributed by atoms with Crippen molar-refractivity contribution in [3.05, 3.63) is 66.7 Å². The lowest BCUT2D eigenvalue weighted by Gasteiger charge is -2.19. The van der Waals surface area contributed by atoms with Gasteiger partial charge in [-0.3, -0.25) is 9.59 Å². The number of carbonyl (C=O) groups excluding carboxylic acids is 2. The number of hydrogen-bond donors (Lipinski definition) is 1. The Morgan fingerprint density at radius 2 is 1.68 bits per heavy atom. The van der Waals surface area contributed by atoms with Gasteiger partial charge in [-0.25, -0.2) is 8.42 Å². The molecular weight excluding hydrogens is 426 g/mol. The second-order valence-corrected chi connectivity index (χ2v) is 9.14. The largest absolute Gasteiger partial charge is 0.341 e. The Kier molecular flexibility index (Phi) is 5.45. The van der Waals surface area contributed by atoms with E-state index in [1.165, 1.54) is 12.1 Å². The molecule has 0 spiro atoms. The molecule has 3 aromatic rings. The number of sulfone groups is 1. The van der Waals surface area contributed by atoms with E-state index in [2.05, 4.69) is 5.32 Å². The molecule has 3 aromatic carbocycles. The fourth-order valence-corrected chi connectivity index (χ4v) is 4.36. The quantitative estimate of drug-likeness (QED) is 0.648. The Balaban J connectivity index is 1.49. The number of halogens is 2. The first-order valence-electron chi connectivity index (χ1n) is 9.48. The number of carbonyl (C=O) groups is 2. The summed E-state index contributed by atoms with van der Waals surface area (Å²) < 4.78 is 48.2. The lowest BCUT2D eigenvalue weighted by atomic mass is 10.1. The molecule has 1 fully saturated rings. The molecule has 0 radical (unpaired) electrons. The van der Waals surface area contributed by atoms with Crippen LogP contribution in [0.5, 0.6) is 0 Å². The maximum absolute atomic E-state index is 12.7. The predicted molar refractivity (Wildman–Crippen MR) is 113 cm³/mol. The Morgan fingerprint density at radius 1 is 1.00 bits per heavy atom. The van der Waals surface area contributed by atoms with Crippen LogP contribution in [0, 0.1) is 5.92 Å². The Morgan fingerprint density at radius 3 is 2.39 bits per heavy atom. The van der Waals surface area contributed by atoms with Crippen LogP contribution < -0.4 is 10.2 Å². The zero-order chi connectivity index (χ0) is 22.2. The number of rotatable bonds is 5. The van der Waals surface area contributed by atoms with Crippen LogP contribution in [0.15, 0.2) is 71.6 Å². The van der Waals surface area contributed by atoms with E-state index >= 15 is 0 Å². The van der Waals surface area contributed by atoms with Crippen LogP contribution in [0.25, 0.3) is 10.8 Å². The van der Waals surface area contributed by atoms with Crippen molar-refractivity contribution in [2.45, 2.75) is 17.1 Å². The van der Waals surface area contributed by atoms with Crippen LogP contribution in [0.1, 0.15) is 6.42 Å². The van der Waals surface area contributed by atoms with Gasteiger partial charge in [0.2, 0.25) is 21.7 Å². The molecule has 0 aliphatic carbocycles. The molecule has 4 rings (SSSR count). The zero-order valence-electron chi connectivity index (χ0n) is 16.2. The first-order valence-corrected chi connectivity index (χ1v) is 11.0. The van der Waals surface area contributed by atoms with Crippen molar-refractivity contribution in [2.24, 2.45) is 5.92 Å². The van der Waals surface area contributed by atoms with Gasteiger partial charge in [0.05, 0.1) is 16.5 Å². The Hall–Kier alpha value is -3.33. The van der Waals surface area contributed by atoms with Crippen molar-refractivity contribution >= 4 is 43.8 Å². The highest BCUT2D eigenvalue weighted by atomic mass is 32.2. The summed E-state index contributed by atoms with van der Waals surface area (Å²) in [7, 11) is -4.70. The fraction of sp³-hybridized carbons (Fsp3) is 0.182. The minimum absolute atomic E-state index is 0.0346. The maximum Gasteiger partial charge on any atom is 0.341 e. The molecule has 0 unspecified atom stereocenters. The summed E-state index contributed by atoms with van der Waals surface area (Å²) in [6, 6.07) is 17.8. The predicted octanol–water partition coefficient (Wildman–Crippen LogP) is 3.83. The van der Waals surface area contributed by atoms with E-state index in [4.69, 9.17) is 0 Å². The summed E-state index contributed by atoms with van der Waals surface area (Å²) >= 11 is 0. The summed E-state index contributed by atoms with van der Waals surface area (Å²) in [5, 5.41) is 4.52. The lowest BCUT2D eigenvalue weighted by Crippen LogP contribution is -2.28. The van der Waals surface area contributed by atoms with Gasteiger partial charge in [0.15, 0.2) is 0 Å². The molecule has 1 aliphatic rings. The van der Waals surface area contributed by atoms with Crippen LogP contribution in [0.4, 0.5) is 20.2 Å². The number of alkyl halides is 2. The van der Waals surface area contributed by atoms with E-state index < -0.39 is 32.3 Å². The normalized spacial score (nSPS) is 16.8. The third-order valence-electron chi connectivity index (χ3n) is 5.24. The molecule has 31 heavy (non-hydrogen) atoms. The molecule has 0 aromatic heterocycles. The van der Waals surface area contributed by atoms with Gasteiger partial charge in [0.25, 0.3) is 0 Å². The molecule has 0 saturated carbocycles. The molecule has 9 heteroatoms. The van der Waals surface area contributed by atoms with E-state index in [1.54, 1.807) is 4.90 Å². The maximum atomic E-state index is 12.7. The molecule has 6 nitrogen and oxygen atoms in total. The minimum Gasteiger partial charge on any atom is -0.326 e. The van der Waals surface area contributed by atoms with E-state index in [1.807, 2.05) is 42.5 Å². The number of anilines is 2. The van der Waals surface area contributed by atoms with Gasteiger partial charge in [-0.15, -0.1) is 0 Å². The topological polar surface area (TPSA) is 83.5 Å². The second-order valence-electron chi connectivity index (χ2n) is 7.22. The van der Waals surface area contributed by atoms with Crippen molar-refractivity contribution in [1.29, 1.82) is 0 Å². The van der Waals surface area contributed by atoms with Gasteiger partial charge in [-0.05, 0) is 35.7 Å². The summed E-state index contributed by atoms with van der Waals surface area (Å²) in [4.78, 5) is 26.3. The summed E-state index contributed by atoms with van der Waals surface area (Å²) in [5.74, 6) is -4.69. The first-order chi connectivity index (χ1) is 14.8. The monoisotopic (exact) mass is 444 g/mol. The molecule has 160 valence electrons. The van der Waals surface area contributed by atoms with Crippen LogP contribution in [-0.4, -0.2) is 32.5 Å². The van der Waals surface area contributed by atoms with Crippen LogP contribution in [0.3, 0.4) is 0 Å². The minimum atomic E-state index is -4.70. The molecule has 2 amide bonds. The average Bonchev–Trinajstić information content (AvgIpc) is 3.15. The first kappa shape index (κ1) is 20.9. The summed E-state index contributed by atoms with van der Waals surface area (Å²) in [6.45, 7) is 0.205. The van der Waals surface area contributed by atoms with E-state index in [0.717, 1.165) is 28.6 Å².